The minimum atomic E-state index is 0.0439. The lowest BCUT2D eigenvalue weighted by atomic mass is 9.62. The van der Waals surface area contributed by atoms with Crippen LogP contribution in [0.2, 0.25) is 0 Å². The summed E-state index contributed by atoms with van der Waals surface area (Å²) in [5.74, 6) is 0.332. The molecule has 1 aliphatic rings. The number of allylic oxidation sites excluding steroid dienone is 3. The first-order valence-corrected chi connectivity index (χ1v) is 6.31. The van der Waals surface area contributed by atoms with Crippen molar-refractivity contribution in [3.05, 3.63) is 23.8 Å². The summed E-state index contributed by atoms with van der Waals surface area (Å²) in [6, 6.07) is 0. The zero-order chi connectivity index (χ0) is 12.3. The van der Waals surface area contributed by atoms with Gasteiger partial charge >= 0.3 is 0 Å². The third-order valence-electron chi connectivity index (χ3n) is 4.24. The number of rotatable bonds is 3. The van der Waals surface area contributed by atoms with Gasteiger partial charge in [0.05, 0.1) is 0 Å². The van der Waals surface area contributed by atoms with E-state index >= 15 is 0 Å². The second kappa shape index (κ2) is 4.99. The summed E-state index contributed by atoms with van der Waals surface area (Å²) in [6.45, 7) is 12.4. The Kier molecular flexibility index (Phi) is 4.12. The summed E-state index contributed by atoms with van der Waals surface area (Å²) in [7, 11) is 0. The van der Waals surface area contributed by atoms with Crippen LogP contribution in [-0.2, 0) is 4.79 Å². The van der Waals surface area contributed by atoms with Crippen LogP contribution in [0.3, 0.4) is 0 Å². The van der Waals surface area contributed by atoms with Crippen LogP contribution < -0.4 is 0 Å². The van der Waals surface area contributed by atoms with Crippen molar-refractivity contribution in [2.75, 3.05) is 0 Å². The van der Waals surface area contributed by atoms with Crippen LogP contribution in [-0.4, -0.2) is 5.78 Å². The van der Waals surface area contributed by atoms with Crippen LogP contribution in [0, 0.1) is 11.3 Å². The van der Waals surface area contributed by atoms with E-state index in [-0.39, 0.29) is 17.1 Å². The fourth-order valence-electron chi connectivity index (χ4n) is 2.75. The van der Waals surface area contributed by atoms with Gasteiger partial charge in [-0.05, 0) is 50.5 Å². The standard InChI is InChI=1S/C15H24O/c1-6-11(3)14(16)13-12(4)9-8-10-15(13,5)7-2/h6,13H,4,7-10H2,1-3,5H3/b11-6+. The highest BCUT2D eigenvalue weighted by molar-refractivity contribution is 5.98. The van der Waals surface area contributed by atoms with Crippen LogP contribution >= 0.6 is 0 Å². The molecule has 1 fully saturated rings. The van der Waals surface area contributed by atoms with Gasteiger partial charge < -0.3 is 0 Å². The molecular formula is C15H24O. The molecule has 1 aliphatic carbocycles. The molecule has 0 aromatic carbocycles. The lowest BCUT2D eigenvalue weighted by Crippen LogP contribution is -2.37. The van der Waals surface area contributed by atoms with E-state index in [1.807, 2.05) is 19.9 Å². The molecule has 90 valence electrons. The third kappa shape index (κ3) is 2.28. The maximum atomic E-state index is 12.4. The zero-order valence-corrected chi connectivity index (χ0v) is 11.1. The van der Waals surface area contributed by atoms with E-state index in [1.54, 1.807) is 0 Å². The zero-order valence-electron chi connectivity index (χ0n) is 11.1. The molecule has 0 amide bonds. The molecule has 1 heteroatoms. The Morgan fingerprint density at radius 3 is 2.75 bits per heavy atom. The monoisotopic (exact) mass is 220 g/mol. The predicted molar refractivity (Wildman–Crippen MR) is 69.3 cm³/mol. The van der Waals surface area contributed by atoms with Crippen molar-refractivity contribution in [3.63, 3.8) is 0 Å². The average molecular weight is 220 g/mol. The predicted octanol–water partition coefficient (Wildman–Crippen LogP) is 4.29. The maximum absolute atomic E-state index is 12.4. The first-order chi connectivity index (χ1) is 7.46. The van der Waals surface area contributed by atoms with Crippen LogP contribution in [0.25, 0.3) is 0 Å². The molecule has 0 aromatic heterocycles. The van der Waals surface area contributed by atoms with Gasteiger partial charge in [-0.25, -0.2) is 0 Å². The molecule has 0 aromatic rings. The molecule has 2 unspecified atom stereocenters. The van der Waals surface area contributed by atoms with E-state index < -0.39 is 0 Å². The van der Waals surface area contributed by atoms with Crippen molar-refractivity contribution in [1.82, 2.24) is 0 Å². The van der Waals surface area contributed by atoms with E-state index in [4.69, 9.17) is 0 Å². The SMILES string of the molecule is C=C1CCCC(C)(CC)C1C(=O)/C(C)=C/C. The number of hydrogen-bond donors (Lipinski definition) is 0. The normalized spacial score (nSPS) is 31.6. The summed E-state index contributed by atoms with van der Waals surface area (Å²) in [5.41, 5.74) is 2.14. The Balaban J connectivity index is 3.04. The van der Waals surface area contributed by atoms with Crippen molar-refractivity contribution < 1.29 is 4.79 Å². The minimum absolute atomic E-state index is 0.0439. The molecule has 1 rings (SSSR count). The summed E-state index contributed by atoms with van der Waals surface area (Å²) in [5, 5.41) is 0. The Morgan fingerprint density at radius 1 is 1.62 bits per heavy atom. The molecule has 1 saturated carbocycles. The molecule has 0 saturated heterocycles. The van der Waals surface area contributed by atoms with Crippen molar-refractivity contribution >= 4 is 5.78 Å². The number of ketones is 1. The maximum Gasteiger partial charge on any atom is 0.165 e. The molecule has 16 heavy (non-hydrogen) atoms. The fraction of sp³-hybridized carbons (Fsp3) is 0.667. The lowest BCUT2D eigenvalue weighted by molar-refractivity contribution is -0.122. The summed E-state index contributed by atoms with van der Waals surface area (Å²) >= 11 is 0. The number of carbonyl (C=O) groups excluding carboxylic acids is 1. The summed E-state index contributed by atoms with van der Waals surface area (Å²) < 4.78 is 0. The molecule has 0 bridgehead atoms. The Labute approximate surface area is 99.6 Å². The van der Waals surface area contributed by atoms with Gasteiger partial charge in [-0.3, -0.25) is 4.79 Å². The second-order valence-electron chi connectivity index (χ2n) is 5.29. The van der Waals surface area contributed by atoms with Crippen molar-refractivity contribution in [2.24, 2.45) is 11.3 Å². The molecule has 0 N–H and O–H groups in total. The van der Waals surface area contributed by atoms with E-state index in [9.17, 15) is 4.79 Å². The topological polar surface area (TPSA) is 17.1 Å². The molecule has 0 radical (unpaired) electrons. The molecule has 2 atom stereocenters. The van der Waals surface area contributed by atoms with Crippen molar-refractivity contribution in [1.29, 1.82) is 0 Å². The molecular weight excluding hydrogens is 196 g/mol. The van der Waals surface area contributed by atoms with Gasteiger partial charge in [-0.2, -0.15) is 0 Å². The molecule has 1 nitrogen and oxygen atoms in total. The number of hydrogen-bond acceptors (Lipinski definition) is 1. The largest absolute Gasteiger partial charge is 0.294 e. The first-order valence-electron chi connectivity index (χ1n) is 6.31. The summed E-state index contributed by atoms with van der Waals surface area (Å²) in [6.07, 6.45) is 6.32. The van der Waals surface area contributed by atoms with Gasteiger partial charge in [-0.15, -0.1) is 0 Å². The Hall–Kier alpha value is -0.850. The lowest BCUT2D eigenvalue weighted by Gasteiger charge is -2.41. The number of Topliss-reactive ketones (excluding diaryl/α,β-unsaturated/α-hetero) is 1. The van der Waals surface area contributed by atoms with Gasteiger partial charge in [0, 0.05) is 5.92 Å². The van der Waals surface area contributed by atoms with Crippen molar-refractivity contribution in [3.8, 4) is 0 Å². The molecule has 0 spiro atoms. The first kappa shape index (κ1) is 13.2. The molecule has 0 heterocycles. The molecule has 0 aliphatic heterocycles. The van der Waals surface area contributed by atoms with Gasteiger partial charge in [0.15, 0.2) is 5.78 Å². The Bertz CT molecular complexity index is 324. The highest BCUT2D eigenvalue weighted by Gasteiger charge is 2.41. The fourth-order valence-corrected chi connectivity index (χ4v) is 2.75. The summed E-state index contributed by atoms with van der Waals surface area (Å²) in [4.78, 5) is 12.4. The van der Waals surface area contributed by atoms with Crippen molar-refractivity contribution in [2.45, 2.75) is 53.4 Å². The van der Waals surface area contributed by atoms with Crippen LogP contribution in [0.1, 0.15) is 53.4 Å². The Morgan fingerprint density at radius 2 is 2.25 bits per heavy atom. The van der Waals surface area contributed by atoms with Gasteiger partial charge in [0.25, 0.3) is 0 Å². The quantitative estimate of drug-likeness (QED) is 0.512. The smallest absolute Gasteiger partial charge is 0.165 e. The highest BCUT2D eigenvalue weighted by atomic mass is 16.1. The third-order valence-corrected chi connectivity index (χ3v) is 4.24. The van der Waals surface area contributed by atoms with Crippen LogP contribution in [0.15, 0.2) is 23.8 Å². The van der Waals surface area contributed by atoms with E-state index in [1.165, 1.54) is 6.42 Å². The van der Waals surface area contributed by atoms with E-state index in [0.717, 1.165) is 30.4 Å². The average Bonchev–Trinajstić information content (AvgIpc) is 2.27. The van der Waals surface area contributed by atoms with Gasteiger partial charge in [0.2, 0.25) is 0 Å². The van der Waals surface area contributed by atoms with Gasteiger partial charge in [0.1, 0.15) is 0 Å². The van der Waals surface area contributed by atoms with E-state index in [0.29, 0.717) is 0 Å². The minimum Gasteiger partial charge on any atom is -0.294 e. The van der Waals surface area contributed by atoms with Gasteiger partial charge in [-0.1, -0.05) is 32.1 Å². The number of carbonyl (C=O) groups is 1. The second-order valence-corrected chi connectivity index (χ2v) is 5.29. The van der Waals surface area contributed by atoms with E-state index in [2.05, 4.69) is 20.4 Å². The van der Waals surface area contributed by atoms with Crippen LogP contribution in [0.4, 0.5) is 0 Å². The van der Waals surface area contributed by atoms with Crippen LogP contribution in [0.5, 0.6) is 0 Å². The highest BCUT2D eigenvalue weighted by Crippen LogP contribution is 2.46.